The summed E-state index contributed by atoms with van der Waals surface area (Å²) in [5.74, 6) is 1.58. The lowest BCUT2D eigenvalue weighted by Crippen LogP contribution is -2.29. The summed E-state index contributed by atoms with van der Waals surface area (Å²) in [6.45, 7) is 0.704. The van der Waals surface area contributed by atoms with Crippen LogP contribution in [-0.4, -0.2) is 34.0 Å². The average molecular weight is 277 g/mol. The molecular weight excluding hydrogens is 264 g/mol. The zero-order valence-corrected chi connectivity index (χ0v) is 10.9. The predicted octanol–water partition coefficient (Wildman–Crippen LogP) is 2.34. The number of hydrogen-bond donors (Lipinski definition) is 2. The van der Waals surface area contributed by atoms with Gasteiger partial charge in [0.25, 0.3) is 0 Å². The molecule has 4 nitrogen and oxygen atoms in total. The number of halogens is 1. The maximum atomic E-state index is 10.8. The van der Waals surface area contributed by atoms with Gasteiger partial charge in [-0.25, -0.2) is 0 Å². The van der Waals surface area contributed by atoms with Gasteiger partial charge in [-0.15, -0.1) is 6.42 Å². The van der Waals surface area contributed by atoms with E-state index in [1.54, 1.807) is 4.90 Å². The van der Waals surface area contributed by atoms with Gasteiger partial charge in [0.2, 0.25) is 0 Å². The van der Waals surface area contributed by atoms with Crippen LogP contribution in [0, 0.1) is 12.3 Å². The molecule has 0 amide bonds. The van der Waals surface area contributed by atoms with Crippen LogP contribution in [0.4, 0.5) is 0 Å². The Morgan fingerprint density at radius 1 is 1.53 bits per heavy atom. The smallest absolute Gasteiger partial charge is 0.317 e. The van der Waals surface area contributed by atoms with Crippen molar-refractivity contribution in [3.8, 4) is 12.3 Å². The number of nitrogens with one attached hydrogen (secondary N) is 1. The van der Waals surface area contributed by atoms with Gasteiger partial charge in [0.15, 0.2) is 0 Å². The van der Waals surface area contributed by atoms with Crippen LogP contribution in [0.2, 0.25) is 5.02 Å². The first-order chi connectivity index (χ1) is 9.10. The third-order valence-electron chi connectivity index (χ3n) is 2.80. The largest absolute Gasteiger partial charge is 0.480 e. The molecule has 0 fully saturated rings. The highest BCUT2D eigenvalue weighted by Crippen LogP contribution is 2.23. The number of aromatic amines is 1. The summed E-state index contributed by atoms with van der Waals surface area (Å²) >= 11 is 5.92. The second-order valence-electron chi connectivity index (χ2n) is 4.25. The van der Waals surface area contributed by atoms with Gasteiger partial charge in [-0.2, -0.15) is 0 Å². The van der Waals surface area contributed by atoms with Crippen LogP contribution in [-0.2, 0) is 11.3 Å². The van der Waals surface area contributed by atoms with Gasteiger partial charge in [-0.3, -0.25) is 9.69 Å². The van der Waals surface area contributed by atoms with Crippen LogP contribution >= 0.6 is 11.6 Å². The minimum absolute atomic E-state index is 0.0789. The first kappa shape index (κ1) is 13.5. The number of carboxylic acid groups (broad SMARTS) is 1. The van der Waals surface area contributed by atoms with Crippen molar-refractivity contribution in [2.75, 3.05) is 13.1 Å². The Labute approximate surface area is 116 Å². The zero-order valence-electron chi connectivity index (χ0n) is 10.2. The van der Waals surface area contributed by atoms with E-state index in [0.29, 0.717) is 18.1 Å². The average Bonchev–Trinajstić information content (AvgIpc) is 2.71. The summed E-state index contributed by atoms with van der Waals surface area (Å²) in [5.41, 5.74) is 1.93. The summed E-state index contributed by atoms with van der Waals surface area (Å²) in [4.78, 5) is 15.6. The Bertz CT molecular complexity index is 642. The second-order valence-corrected chi connectivity index (χ2v) is 4.68. The van der Waals surface area contributed by atoms with Crippen molar-refractivity contribution in [3.05, 3.63) is 35.0 Å². The standard InChI is InChI=1S/C14H13ClN2O2/c1-2-5-17(9-14(18)19)8-10-7-16-13-6-11(15)3-4-12(10)13/h1,3-4,6-7,16H,5,8-9H2,(H,18,19). The number of rotatable bonds is 5. The molecule has 0 atom stereocenters. The fraction of sp³-hybridized carbons (Fsp3) is 0.214. The van der Waals surface area contributed by atoms with Crippen molar-refractivity contribution in [2.45, 2.75) is 6.54 Å². The molecule has 0 aliphatic heterocycles. The molecule has 1 heterocycles. The van der Waals surface area contributed by atoms with E-state index in [1.807, 2.05) is 24.4 Å². The van der Waals surface area contributed by atoms with Crippen LogP contribution in [0.5, 0.6) is 0 Å². The minimum Gasteiger partial charge on any atom is -0.480 e. The molecule has 1 aromatic carbocycles. The lowest BCUT2D eigenvalue weighted by atomic mass is 10.1. The number of benzene rings is 1. The van der Waals surface area contributed by atoms with E-state index in [0.717, 1.165) is 16.5 Å². The van der Waals surface area contributed by atoms with Crippen LogP contribution < -0.4 is 0 Å². The number of terminal acetylenes is 1. The summed E-state index contributed by atoms with van der Waals surface area (Å²) < 4.78 is 0. The summed E-state index contributed by atoms with van der Waals surface area (Å²) in [5, 5.41) is 10.5. The van der Waals surface area contributed by atoms with E-state index < -0.39 is 5.97 Å². The molecule has 0 aliphatic rings. The number of nitrogens with zero attached hydrogens (tertiary/aromatic N) is 1. The Morgan fingerprint density at radius 2 is 2.32 bits per heavy atom. The fourth-order valence-corrected chi connectivity index (χ4v) is 2.19. The van der Waals surface area contributed by atoms with Gasteiger partial charge in [-0.05, 0) is 17.7 Å². The number of carbonyl (C=O) groups is 1. The summed E-state index contributed by atoms with van der Waals surface area (Å²) in [7, 11) is 0. The quantitative estimate of drug-likeness (QED) is 0.824. The van der Waals surface area contributed by atoms with E-state index >= 15 is 0 Å². The Balaban J connectivity index is 2.24. The zero-order chi connectivity index (χ0) is 13.8. The monoisotopic (exact) mass is 276 g/mol. The van der Waals surface area contributed by atoms with Crippen molar-refractivity contribution in [2.24, 2.45) is 0 Å². The summed E-state index contributed by atoms with van der Waals surface area (Å²) in [6, 6.07) is 5.56. The van der Waals surface area contributed by atoms with Crippen molar-refractivity contribution < 1.29 is 9.90 Å². The fourth-order valence-electron chi connectivity index (χ4n) is 2.02. The first-order valence-corrected chi connectivity index (χ1v) is 6.11. The van der Waals surface area contributed by atoms with E-state index in [-0.39, 0.29) is 6.54 Å². The van der Waals surface area contributed by atoms with Crippen molar-refractivity contribution in [1.82, 2.24) is 9.88 Å². The minimum atomic E-state index is -0.891. The first-order valence-electron chi connectivity index (χ1n) is 5.73. The molecule has 19 heavy (non-hydrogen) atoms. The number of aromatic nitrogens is 1. The van der Waals surface area contributed by atoms with E-state index in [4.69, 9.17) is 23.1 Å². The molecule has 1 aromatic heterocycles. The number of carboxylic acids is 1. The third-order valence-corrected chi connectivity index (χ3v) is 3.03. The number of aliphatic carboxylic acids is 1. The molecule has 0 saturated carbocycles. The van der Waals surface area contributed by atoms with Crippen LogP contribution in [0.1, 0.15) is 5.56 Å². The maximum absolute atomic E-state index is 10.8. The molecular formula is C14H13ClN2O2. The third kappa shape index (κ3) is 3.28. The number of H-pyrrole nitrogens is 1. The Hall–Kier alpha value is -1.96. The predicted molar refractivity (Wildman–Crippen MR) is 75.1 cm³/mol. The highest BCUT2D eigenvalue weighted by atomic mass is 35.5. The number of hydrogen-bond acceptors (Lipinski definition) is 2. The lowest BCUT2D eigenvalue weighted by molar-refractivity contribution is -0.138. The molecule has 2 rings (SSSR count). The molecule has 5 heteroatoms. The molecule has 0 aliphatic carbocycles. The van der Waals surface area contributed by atoms with Gasteiger partial charge < -0.3 is 10.1 Å². The van der Waals surface area contributed by atoms with Crippen LogP contribution in [0.25, 0.3) is 10.9 Å². The topological polar surface area (TPSA) is 56.3 Å². The van der Waals surface area contributed by atoms with Gasteiger partial charge >= 0.3 is 5.97 Å². The highest BCUT2D eigenvalue weighted by molar-refractivity contribution is 6.31. The molecule has 98 valence electrons. The maximum Gasteiger partial charge on any atom is 0.317 e. The molecule has 0 spiro atoms. The number of fused-ring (bicyclic) bond motifs is 1. The summed E-state index contributed by atoms with van der Waals surface area (Å²) in [6.07, 6.45) is 7.11. The molecule has 2 aromatic rings. The van der Waals surface area contributed by atoms with Crippen molar-refractivity contribution in [3.63, 3.8) is 0 Å². The van der Waals surface area contributed by atoms with Gasteiger partial charge in [0, 0.05) is 28.7 Å². The highest BCUT2D eigenvalue weighted by Gasteiger charge is 2.12. The molecule has 0 saturated heterocycles. The molecule has 0 radical (unpaired) electrons. The van der Waals surface area contributed by atoms with Crippen LogP contribution in [0.15, 0.2) is 24.4 Å². The molecule has 0 unspecified atom stereocenters. The second kappa shape index (κ2) is 5.79. The van der Waals surface area contributed by atoms with E-state index in [1.165, 1.54) is 0 Å². The van der Waals surface area contributed by atoms with Gasteiger partial charge in [0.1, 0.15) is 0 Å². The van der Waals surface area contributed by atoms with Gasteiger partial charge in [-0.1, -0.05) is 23.6 Å². The lowest BCUT2D eigenvalue weighted by Gasteiger charge is -2.16. The van der Waals surface area contributed by atoms with E-state index in [2.05, 4.69) is 10.9 Å². The SMILES string of the molecule is C#CCN(CC(=O)O)Cc1c[nH]c2cc(Cl)ccc12. The van der Waals surface area contributed by atoms with Crippen molar-refractivity contribution >= 4 is 28.5 Å². The normalized spacial score (nSPS) is 10.8. The Morgan fingerprint density at radius 3 is 3.00 bits per heavy atom. The van der Waals surface area contributed by atoms with Crippen LogP contribution in [0.3, 0.4) is 0 Å². The van der Waals surface area contributed by atoms with Crippen molar-refractivity contribution in [1.29, 1.82) is 0 Å². The molecule has 0 bridgehead atoms. The van der Waals surface area contributed by atoms with Gasteiger partial charge in [0.05, 0.1) is 13.1 Å². The Kier molecular flexibility index (Phi) is 4.10. The molecule has 2 N–H and O–H groups in total. The van der Waals surface area contributed by atoms with E-state index in [9.17, 15) is 4.79 Å².